The van der Waals surface area contributed by atoms with Crippen molar-refractivity contribution in [2.24, 2.45) is 0 Å². The lowest BCUT2D eigenvalue weighted by Gasteiger charge is -2.22. The van der Waals surface area contributed by atoms with Gasteiger partial charge in [-0.1, -0.05) is 36.4 Å². The maximum Gasteiger partial charge on any atom is 0.410 e. The molecule has 0 aliphatic carbocycles. The minimum Gasteiger partial charge on any atom is -0.465 e. The first-order valence-electron chi connectivity index (χ1n) is 9.02. The predicted molar refractivity (Wildman–Crippen MR) is 104 cm³/mol. The summed E-state index contributed by atoms with van der Waals surface area (Å²) in [6.07, 6.45) is -0.0738. The van der Waals surface area contributed by atoms with Crippen molar-refractivity contribution in [3.8, 4) is 0 Å². The number of rotatable bonds is 9. The zero-order valence-electron chi connectivity index (χ0n) is 16.1. The van der Waals surface area contributed by atoms with Crippen LogP contribution in [-0.4, -0.2) is 50.8 Å². The van der Waals surface area contributed by atoms with Crippen LogP contribution in [0.3, 0.4) is 0 Å². The molecule has 1 N–H and O–H groups in total. The molecular weight excluding hydrogens is 363 g/mol. The molecular formula is C21H25FN2O4. The summed E-state index contributed by atoms with van der Waals surface area (Å²) in [5, 5.41) is 3.00. The number of methoxy groups -OCH3 is 1. The molecule has 28 heavy (non-hydrogen) atoms. The van der Waals surface area contributed by atoms with Crippen molar-refractivity contribution in [3.05, 3.63) is 71.0 Å². The van der Waals surface area contributed by atoms with Gasteiger partial charge in [-0.2, -0.15) is 0 Å². The minimum atomic E-state index is -0.608. The van der Waals surface area contributed by atoms with E-state index in [9.17, 15) is 14.0 Å². The summed E-state index contributed by atoms with van der Waals surface area (Å²) in [6, 6.07) is 13.4. The molecule has 1 amide bonds. The van der Waals surface area contributed by atoms with E-state index < -0.39 is 17.9 Å². The topological polar surface area (TPSA) is 67.9 Å². The Balaban J connectivity index is 2.03. The third-order valence-electron chi connectivity index (χ3n) is 4.22. The van der Waals surface area contributed by atoms with Gasteiger partial charge in [-0.05, 0) is 36.7 Å². The maximum atomic E-state index is 13.5. The lowest BCUT2D eigenvalue weighted by Crippen LogP contribution is -2.38. The highest BCUT2D eigenvalue weighted by atomic mass is 19.1. The Kier molecular flexibility index (Phi) is 8.42. The van der Waals surface area contributed by atoms with Crippen molar-refractivity contribution >= 4 is 12.1 Å². The second-order valence-electron chi connectivity index (χ2n) is 6.17. The highest BCUT2D eigenvalue weighted by Gasteiger charge is 2.18. The van der Waals surface area contributed by atoms with E-state index in [0.29, 0.717) is 31.6 Å². The summed E-state index contributed by atoms with van der Waals surface area (Å²) in [5.41, 5.74) is 1.67. The van der Waals surface area contributed by atoms with E-state index in [1.807, 2.05) is 30.3 Å². The normalized spacial score (nSPS) is 10.4. The molecule has 0 saturated carbocycles. The van der Waals surface area contributed by atoms with Crippen molar-refractivity contribution in [2.75, 3.05) is 33.8 Å². The SMILES string of the molecule is CNCCN(CCc1ccc(F)cc1C(=O)OC)C(=O)OCc1ccccc1. The van der Waals surface area contributed by atoms with E-state index >= 15 is 0 Å². The van der Waals surface area contributed by atoms with Gasteiger partial charge in [-0.25, -0.2) is 14.0 Å². The fourth-order valence-electron chi connectivity index (χ4n) is 2.67. The van der Waals surface area contributed by atoms with Crippen LogP contribution in [0.15, 0.2) is 48.5 Å². The van der Waals surface area contributed by atoms with Crippen LogP contribution in [0.5, 0.6) is 0 Å². The van der Waals surface area contributed by atoms with Gasteiger partial charge in [0.1, 0.15) is 12.4 Å². The smallest absolute Gasteiger partial charge is 0.410 e. The third-order valence-corrected chi connectivity index (χ3v) is 4.22. The number of esters is 1. The van der Waals surface area contributed by atoms with Gasteiger partial charge >= 0.3 is 12.1 Å². The van der Waals surface area contributed by atoms with Gasteiger partial charge in [0.25, 0.3) is 0 Å². The number of likely N-dealkylation sites (N-methyl/N-ethyl adjacent to an activating group) is 1. The quantitative estimate of drug-likeness (QED) is 0.669. The zero-order chi connectivity index (χ0) is 20.4. The maximum absolute atomic E-state index is 13.5. The number of hydrogen-bond donors (Lipinski definition) is 1. The van der Waals surface area contributed by atoms with Crippen molar-refractivity contribution in [1.29, 1.82) is 0 Å². The van der Waals surface area contributed by atoms with Crippen LogP contribution in [0.25, 0.3) is 0 Å². The van der Waals surface area contributed by atoms with Gasteiger partial charge in [0.2, 0.25) is 0 Å². The number of amides is 1. The number of halogens is 1. The molecule has 0 bridgehead atoms. The first kappa shape index (κ1) is 21.4. The van der Waals surface area contributed by atoms with Gasteiger partial charge < -0.3 is 19.7 Å². The molecule has 0 saturated heterocycles. The van der Waals surface area contributed by atoms with E-state index in [2.05, 4.69) is 5.32 Å². The number of carbonyl (C=O) groups is 2. The molecule has 2 aromatic rings. The van der Waals surface area contributed by atoms with Crippen LogP contribution in [-0.2, 0) is 22.5 Å². The fourth-order valence-corrected chi connectivity index (χ4v) is 2.67. The Morgan fingerprint density at radius 2 is 1.86 bits per heavy atom. The number of hydrogen-bond acceptors (Lipinski definition) is 5. The summed E-state index contributed by atoms with van der Waals surface area (Å²) < 4.78 is 23.6. The lowest BCUT2D eigenvalue weighted by molar-refractivity contribution is 0.0599. The Hall–Kier alpha value is -2.93. The molecule has 7 heteroatoms. The van der Waals surface area contributed by atoms with Gasteiger partial charge in [-0.3, -0.25) is 0 Å². The van der Waals surface area contributed by atoms with Gasteiger partial charge in [0.05, 0.1) is 12.7 Å². The zero-order valence-corrected chi connectivity index (χ0v) is 16.1. The number of ether oxygens (including phenoxy) is 2. The molecule has 0 spiro atoms. The Bertz CT molecular complexity index is 783. The van der Waals surface area contributed by atoms with Crippen LogP contribution in [0, 0.1) is 5.82 Å². The van der Waals surface area contributed by atoms with E-state index in [-0.39, 0.29) is 12.2 Å². The number of benzene rings is 2. The third kappa shape index (κ3) is 6.35. The molecule has 6 nitrogen and oxygen atoms in total. The van der Waals surface area contributed by atoms with Crippen LogP contribution in [0.1, 0.15) is 21.5 Å². The monoisotopic (exact) mass is 388 g/mol. The van der Waals surface area contributed by atoms with Crippen LogP contribution in [0.2, 0.25) is 0 Å². The van der Waals surface area contributed by atoms with E-state index in [1.165, 1.54) is 19.2 Å². The van der Waals surface area contributed by atoms with Gasteiger partial charge in [0, 0.05) is 19.6 Å². The first-order valence-corrected chi connectivity index (χ1v) is 9.02. The Morgan fingerprint density at radius 1 is 1.11 bits per heavy atom. The Morgan fingerprint density at radius 3 is 2.54 bits per heavy atom. The molecule has 0 aliphatic heterocycles. The Labute approximate surface area is 164 Å². The highest BCUT2D eigenvalue weighted by molar-refractivity contribution is 5.91. The van der Waals surface area contributed by atoms with E-state index in [4.69, 9.17) is 9.47 Å². The van der Waals surface area contributed by atoms with Gasteiger partial charge in [-0.15, -0.1) is 0 Å². The summed E-state index contributed by atoms with van der Waals surface area (Å²) in [7, 11) is 3.04. The molecule has 0 unspecified atom stereocenters. The standard InChI is InChI=1S/C21H25FN2O4/c1-23-11-13-24(21(26)28-15-16-6-4-3-5-7-16)12-10-17-8-9-18(22)14-19(17)20(25)27-2/h3-9,14,23H,10-13,15H2,1-2H3. The minimum absolute atomic E-state index is 0.161. The molecule has 0 aliphatic rings. The highest BCUT2D eigenvalue weighted by Crippen LogP contribution is 2.14. The summed E-state index contributed by atoms with van der Waals surface area (Å²) >= 11 is 0. The average molecular weight is 388 g/mol. The lowest BCUT2D eigenvalue weighted by atomic mass is 10.0. The van der Waals surface area contributed by atoms with Crippen molar-refractivity contribution in [1.82, 2.24) is 10.2 Å². The number of nitrogens with zero attached hydrogens (tertiary/aromatic N) is 1. The predicted octanol–water partition coefficient (Wildman–Crippen LogP) is 3.01. The second-order valence-corrected chi connectivity index (χ2v) is 6.17. The van der Waals surface area contributed by atoms with Gasteiger partial charge in [0.15, 0.2) is 0 Å². The number of carbonyl (C=O) groups excluding carboxylic acids is 2. The molecule has 2 aromatic carbocycles. The molecule has 2 rings (SSSR count). The second kappa shape index (κ2) is 11.0. The number of nitrogens with one attached hydrogen (secondary N) is 1. The molecule has 0 aromatic heterocycles. The van der Waals surface area contributed by atoms with Crippen LogP contribution >= 0.6 is 0 Å². The largest absolute Gasteiger partial charge is 0.465 e. The van der Waals surface area contributed by atoms with Crippen molar-refractivity contribution in [3.63, 3.8) is 0 Å². The summed E-state index contributed by atoms with van der Waals surface area (Å²) in [4.78, 5) is 25.9. The van der Waals surface area contributed by atoms with E-state index in [0.717, 1.165) is 11.6 Å². The van der Waals surface area contributed by atoms with Crippen LogP contribution < -0.4 is 5.32 Å². The average Bonchev–Trinajstić information content (AvgIpc) is 2.73. The van der Waals surface area contributed by atoms with Crippen molar-refractivity contribution < 1.29 is 23.5 Å². The first-order chi connectivity index (χ1) is 13.5. The molecule has 150 valence electrons. The van der Waals surface area contributed by atoms with Crippen molar-refractivity contribution in [2.45, 2.75) is 13.0 Å². The summed E-state index contributed by atoms with van der Waals surface area (Å²) in [5.74, 6) is -1.12. The van der Waals surface area contributed by atoms with E-state index in [1.54, 1.807) is 11.9 Å². The molecule has 0 atom stereocenters. The fraction of sp³-hybridized carbons (Fsp3) is 0.333. The molecule has 0 heterocycles. The molecule has 0 fully saturated rings. The molecule has 0 radical (unpaired) electrons. The summed E-state index contributed by atoms with van der Waals surface area (Å²) in [6.45, 7) is 1.54. The van der Waals surface area contributed by atoms with Crippen LogP contribution in [0.4, 0.5) is 9.18 Å².